The van der Waals surface area contributed by atoms with Gasteiger partial charge in [-0.1, -0.05) is 32.1 Å². The average Bonchev–Trinajstić information content (AvgIpc) is 3.24. The summed E-state index contributed by atoms with van der Waals surface area (Å²) in [6, 6.07) is 0.148. The van der Waals surface area contributed by atoms with Crippen LogP contribution in [0.2, 0.25) is 0 Å². The van der Waals surface area contributed by atoms with Crippen LogP contribution in [0, 0.1) is 5.92 Å². The van der Waals surface area contributed by atoms with Gasteiger partial charge in [0.25, 0.3) is 0 Å². The van der Waals surface area contributed by atoms with E-state index in [1.165, 1.54) is 43.0 Å². The summed E-state index contributed by atoms with van der Waals surface area (Å²) in [5.41, 5.74) is 6.70. The minimum absolute atomic E-state index is 0.148. The zero-order chi connectivity index (χ0) is 19.7. The third-order valence-corrected chi connectivity index (χ3v) is 5.70. The van der Waals surface area contributed by atoms with E-state index in [2.05, 4.69) is 15.0 Å². The second-order valence-corrected chi connectivity index (χ2v) is 7.59. The Balaban J connectivity index is 1.51. The van der Waals surface area contributed by atoms with Gasteiger partial charge < -0.3 is 30.5 Å². The molecule has 154 valence electrons. The molecule has 10 nitrogen and oxygen atoms in total. The van der Waals surface area contributed by atoms with E-state index < -0.39 is 31.1 Å². The molecule has 2 aliphatic rings. The van der Waals surface area contributed by atoms with Crippen LogP contribution in [0.25, 0.3) is 11.2 Å². The SMILES string of the molecule is Nc1nc(OCCC2CCCCC2)nc2c1ncn2[C@@H]1O[C@H](CO)C(O)[C@@H]1O. The van der Waals surface area contributed by atoms with Gasteiger partial charge in [-0.15, -0.1) is 0 Å². The van der Waals surface area contributed by atoms with Crippen LogP contribution < -0.4 is 10.5 Å². The smallest absolute Gasteiger partial charge is 0.320 e. The molecule has 2 aromatic heterocycles. The number of aromatic nitrogens is 4. The van der Waals surface area contributed by atoms with Crippen molar-refractivity contribution in [2.75, 3.05) is 18.9 Å². The molecule has 10 heteroatoms. The van der Waals surface area contributed by atoms with Gasteiger partial charge in [0.1, 0.15) is 18.3 Å². The number of anilines is 1. The molecule has 1 aliphatic carbocycles. The topological polar surface area (TPSA) is 149 Å². The number of nitrogens with two attached hydrogens (primary N) is 1. The van der Waals surface area contributed by atoms with Gasteiger partial charge in [0.2, 0.25) is 0 Å². The molecule has 1 saturated heterocycles. The Morgan fingerprint density at radius 3 is 2.68 bits per heavy atom. The molecular formula is C18H27N5O5. The van der Waals surface area contributed by atoms with E-state index in [1.54, 1.807) is 0 Å². The minimum Gasteiger partial charge on any atom is -0.463 e. The molecule has 0 radical (unpaired) electrons. The van der Waals surface area contributed by atoms with Crippen LogP contribution in [0.1, 0.15) is 44.8 Å². The maximum absolute atomic E-state index is 10.3. The first-order chi connectivity index (χ1) is 13.6. The zero-order valence-corrected chi connectivity index (χ0v) is 15.6. The predicted octanol–water partition coefficient (Wildman–Crippen LogP) is 0.369. The third-order valence-electron chi connectivity index (χ3n) is 5.70. The Labute approximate surface area is 162 Å². The first-order valence-corrected chi connectivity index (χ1v) is 9.83. The molecule has 1 saturated carbocycles. The van der Waals surface area contributed by atoms with Gasteiger partial charge in [-0.3, -0.25) is 4.57 Å². The first-order valence-electron chi connectivity index (χ1n) is 9.83. The highest BCUT2D eigenvalue weighted by molar-refractivity contribution is 5.82. The molecule has 4 rings (SSSR count). The summed E-state index contributed by atoms with van der Waals surface area (Å²) < 4.78 is 12.8. The number of ether oxygens (including phenoxy) is 2. The lowest BCUT2D eigenvalue weighted by Crippen LogP contribution is -2.33. The average molecular weight is 393 g/mol. The largest absolute Gasteiger partial charge is 0.463 e. The zero-order valence-electron chi connectivity index (χ0n) is 15.6. The summed E-state index contributed by atoms with van der Waals surface area (Å²) in [5, 5.41) is 29.6. The van der Waals surface area contributed by atoms with Crippen molar-refractivity contribution >= 4 is 17.0 Å². The maximum atomic E-state index is 10.3. The molecular weight excluding hydrogens is 366 g/mol. The number of hydrogen-bond donors (Lipinski definition) is 4. The number of nitrogens with zero attached hydrogens (tertiary/aromatic N) is 4. The standard InChI is InChI=1S/C18H27N5O5/c19-15-12-16(22-18(21-15)27-7-6-10-4-2-1-3-5-10)23(9-20-12)17-14(26)13(25)11(8-24)28-17/h9-11,13-14,17,24-26H,1-8H2,(H2,19,21,22)/t11-,13?,14+,17-/m1/s1. The third kappa shape index (κ3) is 3.64. The van der Waals surface area contributed by atoms with Crippen LogP contribution in [-0.2, 0) is 4.74 Å². The molecule has 0 amide bonds. The number of aliphatic hydroxyl groups is 3. The minimum atomic E-state index is -1.23. The summed E-state index contributed by atoms with van der Waals surface area (Å²) in [6.45, 7) is 0.103. The van der Waals surface area contributed by atoms with Crippen LogP contribution >= 0.6 is 0 Å². The van der Waals surface area contributed by atoms with Crippen LogP contribution in [0.15, 0.2) is 6.33 Å². The van der Waals surface area contributed by atoms with Crippen molar-refractivity contribution in [3.05, 3.63) is 6.33 Å². The van der Waals surface area contributed by atoms with Gasteiger partial charge in [-0.25, -0.2) is 4.98 Å². The normalized spacial score (nSPS) is 28.8. The Kier molecular flexibility index (Phi) is 5.63. The molecule has 2 aromatic rings. The van der Waals surface area contributed by atoms with E-state index in [9.17, 15) is 15.3 Å². The molecule has 1 aliphatic heterocycles. The van der Waals surface area contributed by atoms with Gasteiger partial charge in [0.05, 0.1) is 19.5 Å². The fraction of sp³-hybridized carbons (Fsp3) is 0.722. The monoisotopic (exact) mass is 393 g/mol. The van der Waals surface area contributed by atoms with Crippen molar-refractivity contribution in [2.45, 2.75) is 63.1 Å². The van der Waals surface area contributed by atoms with E-state index in [4.69, 9.17) is 15.2 Å². The van der Waals surface area contributed by atoms with Crippen molar-refractivity contribution in [2.24, 2.45) is 5.92 Å². The van der Waals surface area contributed by atoms with E-state index in [-0.39, 0.29) is 11.8 Å². The van der Waals surface area contributed by atoms with E-state index in [0.717, 1.165) is 6.42 Å². The summed E-state index contributed by atoms with van der Waals surface area (Å²) in [7, 11) is 0. The van der Waals surface area contributed by atoms with Gasteiger partial charge in [0, 0.05) is 0 Å². The maximum Gasteiger partial charge on any atom is 0.320 e. The fourth-order valence-corrected chi connectivity index (χ4v) is 4.07. The quantitative estimate of drug-likeness (QED) is 0.546. The molecule has 4 atom stereocenters. The molecule has 0 spiro atoms. The Hall–Kier alpha value is -2.01. The fourth-order valence-electron chi connectivity index (χ4n) is 4.07. The van der Waals surface area contributed by atoms with E-state index in [0.29, 0.717) is 23.7 Å². The molecule has 3 heterocycles. The highest BCUT2D eigenvalue weighted by Gasteiger charge is 2.44. The summed E-state index contributed by atoms with van der Waals surface area (Å²) in [6.07, 6.45) is 4.46. The van der Waals surface area contributed by atoms with Crippen molar-refractivity contribution < 1.29 is 24.8 Å². The predicted molar refractivity (Wildman–Crippen MR) is 99.4 cm³/mol. The van der Waals surface area contributed by atoms with Gasteiger partial charge in [-0.05, 0) is 12.3 Å². The molecule has 28 heavy (non-hydrogen) atoms. The number of imidazole rings is 1. The second kappa shape index (κ2) is 8.16. The molecule has 0 bridgehead atoms. The van der Waals surface area contributed by atoms with Crippen LogP contribution in [0.4, 0.5) is 5.82 Å². The second-order valence-electron chi connectivity index (χ2n) is 7.59. The number of fused-ring (bicyclic) bond motifs is 1. The Bertz CT molecular complexity index is 809. The summed E-state index contributed by atoms with van der Waals surface area (Å²) >= 11 is 0. The van der Waals surface area contributed by atoms with Crippen molar-refractivity contribution in [3.8, 4) is 6.01 Å². The van der Waals surface area contributed by atoms with Crippen molar-refractivity contribution in [3.63, 3.8) is 0 Å². The number of hydrogen-bond acceptors (Lipinski definition) is 9. The lowest BCUT2D eigenvalue weighted by Gasteiger charge is -2.21. The van der Waals surface area contributed by atoms with Crippen LogP contribution in [-0.4, -0.2) is 66.4 Å². The van der Waals surface area contributed by atoms with Crippen LogP contribution in [0.3, 0.4) is 0 Å². The number of rotatable bonds is 6. The van der Waals surface area contributed by atoms with Crippen molar-refractivity contribution in [1.29, 1.82) is 0 Å². The highest BCUT2D eigenvalue weighted by atomic mass is 16.6. The van der Waals surface area contributed by atoms with Gasteiger partial charge in [0.15, 0.2) is 23.2 Å². The number of aliphatic hydroxyl groups excluding tert-OH is 3. The highest BCUT2D eigenvalue weighted by Crippen LogP contribution is 2.32. The Morgan fingerprint density at radius 1 is 1.18 bits per heavy atom. The lowest BCUT2D eigenvalue weighted by molar-refractivity contribution is -0.0511. The molecule has 5 N–H and O–H groups in total. The van der Waals surface area contributed by atoms with Gasteiger partial charge in [-0.2, -0.15) is 9.97 Å². The van der Waals surface area contributed by atoms with Crippen LogP contribution in [0.5, 0.6) is 6.01 Å². The molecule has 0 aromatic carbocycles. The molecule has 2 fully saturated rings. The molecule has 1 unspecified atom stereocenters. The van der Waals surface area contributed by atoms with E-state index in [1.807, 2.05) is 0 Å². The summed E-state index contributed by atoms with van der Waals surface area (Å²) in [5.74, 6) is 0.849. The van der Waals surface area contributed by atoms with E-state index >= 15 is 0 Å². The van der Waals surface area contributed by atoms with Crippen molar-refractivity contribution in [1.82, 2.24) is 19.5 Å². The lowest BCUT2D eigenvalue weighted by atomic mass is 9.87. The Morgan fingerprint density at radius 2 is 1.96 bits per heavy atom. The summed E-state index contributed by atoms with van der Waals surface area (Å²) in [4.78, 5) is 12.7. The van der Waals surface area contributed by atoms with Gasteiger partial charge >= 0.3 is 6.01 Å². The number of nitrogen functional groups attached to an aromatic ring is 1. The first kappa shape index (κ1) is 19.3.